The number of carbonyl (C=O) groups excluding carboxylic acids is 1. The van der Waals surface area contributed by atoms with E-state index in [0.717, 1.165) is 16.7 Å². The number of carbonyl (C=O) groups is 1. The Balaban J connectivity index is 1.58. The molecule has 4 N–H and O–H groups in total. The Labute approximate surface area is 151 Å². The number of hydrogen-bond acceptors (Lipinski definition) is 3. The molecule has 5 nitrogen and oxygen atoms in total. The molecule has 0 atom stereocenters. The predicted octanol–water partition coefficient (Wildman–Crippen LogP) is 3.81. The molecule has 0 heterocycles. The van der Waals surface area contributed by atoms with Gasteiger partial charge >= 0.3 is 5.97 Å². The third-order valence-corrected chi connectivity index (χ3v) is 3.77. The van der Waals surface area contributed by atoms with Gasteiger partial charge in [0.2, 0.25) is 0 Å². The van der Waals surface area contributed by atoms with Crippen LogP contribution in [-0.4, -0.2) is 11.9 Å². The van der Waals surface area contributed by atoms with Crippen LogP contribution in [0, 0.1) is 5.41 Å². The molecule has 0 bridgehead atoms. The van der Waals surface area contributed by atoms with E-state index in [2.05, 4.69) is 5.32 Å². The lowest BCUT2D eigenvalue weighted by Gasteiger charge is -2.07. The molecule has 0 aliphatic rings. The Morgan fingerprint density at radius 3 is 2.12 bits per heavy atom. The monoisotopic (exact) mass is 345 g/mol. The Morgan fingerprint density at radius 2 is 1.50 bits per heavy atom. The van der Waals surface area contributed by atoms with Gasteiger partial charge in [-0.3, -0.25) is 10.2 Å². The third kappa shape index (κ3) is 4.70. The Kier molecular flexibility index (Phi) is 5.29. The highest BCUT2D eigenvalue weighted by Gasteiger charge is 2.07. The van der Waals surface area contributed by atoms with Gasteiger partial charge in [-0.2, -0.15) is 0 Å². The van der Waals surface area contributed by atoms with Crippen molar-refractivity contribution in [1.82, 2.24) is 0 Å². The summed E-state index contributed by atoms with van der Waals surface area (Å²) in [6.07, 6.45) is 0.167. The van der Waals surface area contributed by atoms with E-state index in [4.69, 9.17) is 15.9 Å². The van der Waals surface area contributed by atoms with E-state index < -0.39 is 0 Å². The molecule has 0 aliphatic carbocycles. The number of rotatable bonds is 5. The highest BCUT2D eigenvalue weighted by molar-refractivity contribution is 5.89. The van der Waals surface area contributed by atoms with Crippen LogP contribution < -0.4 is 15.8 Å². The van der Waals surface area contributed by atoms with Gasteiger partial charge in [0.05, 0.1) is 6.42 Å². The zero-order valence-corrected chi connectivity index (χ0v) is 14.1. The second kappa shape index (κ2) is 7.98. The van der Waals surface area contributed by atoms with Crippen LogP contribution in [0.2, 0.25) is 0 Å². The maximum absolute atomic E-state index is 12.1. The van der Waals surface area contributed by atoms with Crippen molar-refractivity contribution in [3.63, 3.8) is 0 Å². The van der Waals surface area contributed by atoms with Gasteiger partial charge in [0.15, 0.2) is 5.96 Å². The molecule has 0 radical (unpaired) electrons. The SMILES string of the molecule is N=C(N)Nc1ccc(CC(=O)Oc2ccc(-c3ccccc3)cc2)cc1. The highest BCUT2D eigenvalue weighted by atomic mass is 16.5. The molecule has 130 valence electrons. The van der Waals surface area contributed by atoms with E-state index in [-0.39, 0.29) is 18.3 Å². The fourth-order valence-corrected chi connectivity index (χ4v) is 2.54. The molecule has 0 unspecified atom stereocenters. The molecule has 5 heteroatoms. The number of hydrogen-bond donors (Lipinski definition) is 3. The third-order valence-electron chi connectivity index (χ3n) is 3.77. The van der Waals surface area contributed by atoms with E-state index in [1.807, 2.05) is 42.5 Å². The first-order chi connectivity index (χ1) is 12.6. The van der Waals surface area contributed by atoms with Crippen molar-refractivity contribution in [3.05, 3.63) is 84.4 Å². The van der Waals surface area contributed by atoms with Crippen molar-refractivity contribution in [2.45, 2.75) is 6.42 Å². The number of benzene rings is 3. The van der Waals surface area contributed by atoms with Crippen LogP contribution >= 0.6 is 0 Å². The summed E-state index contributed by atoms with van der Waals surface area (Å²) in [7, 11) is 0. The van der Waals surface area contributed by atoms with Crippen molar-refractivity contribution >= 4 is 17.6 Å². The molecular formula is C21H19N3O2. The largest absolute Gasteiger partial charge is 0.426 e. The standard InChI is InChI=1S/C21H19N3O2/c22-21(23)24-18-10-6-15(7-11-18)14-20(25)26-19-12-8-17(9-13-19)16-4-2-1-3-5-16/h1-13H,14H2,(H4,22,23,24). The number of guanidine groups is 1. The zero-order valence-electron chi connectivity index (χ0n) is 14.1. The van der Waals surface area contributed by atoms with Crippen LogP contribution in [-0.2, 0) is 11.2 Å². The average molecular weight is 345 g/mol. The summed E-state index contributed by atoms with van der Waals surface area (Å²) >= 11 is 0. The molecule has 0 fully saturated rings. The average Bonchev–Trinajstić information content (AvgIpc) is 2.64. The maximum Gasteiger partial charge on any atom is 0.315 e. The normalized spacial score (nSPS) is 10.2. The Morgan fingerprint density at radius 1 is 0.885 bits per heavy atom. The minimum absolute atomic E-state index is 0.129. The summed E-state index contributed by atoms with van der Waals surface area (Å²) in [5.41, 5.74) is 8.98. The van der Waals surface area contributed by atoms with E-state index in [9.17, 15) is 4.79 Å². The van der Waals surface area contributed by atoms with Crippen molar-refractivity contribution < 1.29 is 9.53 Å². The number of esters is 1. The lowest BCUT2D eigenvalue weighted by atomic mass is 10.1. The van der Waals surface area contributed by atoms with Gasteiger partial charge in [-0.15, -0.1) is 0 Å². The summed E-state index contributed by atoms with van der Waals surface area (Å²) in [5.74, 6) is 0.0606. The fourth-order valence-electron chi connectivity index (χ4n) is 2.54. The molecule has 0 aliphatic heterocycles. The second-order valence-electron chi connectivity index (χ2n) is 5.78. The Bertz CT molecular complexity index is 889. The summed E-state index contributed by atoms with van der Waals surface area (Å²) < 4.78 is 5.40. The quantitative estimate of drug-likeness (QED) is 0.284. The van der Waals surface area contributed by atoms with Gasteiger partial charge in [0.1, 0.15) is 5.75 Å². The second-order valence-corrected chi connectivity index (χ2v) is 5.78. The number of anilines is 1. The van der Waals surface area contributed by atoms with Crippen molar-refractivity contribution in [2.24, 2.45) is 5.73 Å². The molecule has 0 spiro atoms. The topological polar surface area (TPSA) is 88.2 Å². The summed E-state index contributed by atoms with van der Waals surface area (Å²) in [5, 5.41) is 9.87. The molecule has 26 heavy (non-hydrogen) atoms. The van der Waals surface area contributed by atoms with Crippen molar-refractivity contribution in [1.29, 1.82) is 5.41 Å². The molecule has 0 amide bonds. The van der Waals surface area contributed by atoms with E-state index in [1.165, 1.54) is 0 Å². The van der Waals surface area contributed by atoms with Crippen molar-refractivity contribution in [2.75, 3.05) is 5.32 Å². The van der Waals surface area contributed by atoms with Crippen LogP contribution in [0.4, 0.5) is 5.69 Å². The van der Waals surface area contributed by atoms with Crippen molar-refractivity contribution in [3.8, 4) is 16.9 Å². The molecular weight excluding hydrogens is 326 g/mol. The van der Waals surface area contributed by atoms with Gasteiger partial charge in [0.25, 0.3) is 0 Å². The lowest BCUT2D eigenvalue weighted by molar-refractivity contribution is -0.133. The fraction of sp³-hybridized carbons (Fsp3) is 0.0476. The van der Waals surface area contributed by atoms with Crippen LogP contribution in [0.5, 0.6) is 5.75 Å². The molecule has 3 aromatic carbocycles. The lowest BCUT2D eigenvalue weighted by Crippen LogP contribution is -2.20. The number of nitrogens with one attached hydrogen (secondary N) is 2. The summed E-state index contributed by atoms with van der Waals surface area (Å²) in [6.45, 7) is 0. The van der Waals surface area contributed by atoms with E-state index >= 15 is 0 Å². The van der Waals surface area contributed by atoms with Gasteiger partial charge in [-0.25, -0.2) is 0 Å². The van der Waals surface area contributed by atoms with Crippen LogP contribution in [0.1, 0.15) is 5.56 Å². The smallest absolute Gasteiger partial charge is 0.315 e. The van der Waals surface area contributed by atoms with Crippen LogP contribution in [0.3, 0.4) is 0 Å². The first-order valence-electron chi connectivity index (χ1n) is 8.16. The summed E-state index contributed by atoms with van der Waals surface area (Å²) in [4.78, 5) is 12.1. The first kappa shape index (κ1) is 17.2. The molecule has 3 rings (SSSR count). The van der Waals surface area contributed by atoms with Gasteiger partial charge in [-0.05, 0) is 41.0 Å². The Hall–Kier alpha value is -3.60. The highest BCUT2D eigenvalue weighted by Crippen LogP contribution is 2.22. The van der Waals surface area contributed by atoms with Gasteiger partial charge < -0.3 is 15.8 Å². The van der Waals surface area contributed by atoms with Crippen LogP contribution in [0.25, 0.3) is 11.1 Å². The van der Waals surface area contributed by atoms with E-state index in [1.54, 1.807) is 36.4 Å². The van der Waals surface area contributed by atoms with E-state index in [0.29, 0.717) is 11.4 Å². The van der Waals surface area contributed by atoms with Gasteiger partial charge in [0, 0.05) is 5.69 Å². The zero-order chi connectivity index (χ0) is 18.4. The maximum atomic E-state index is 12.1. The minimum Gasteiger partial charge on any atom is -0.426 e. The molecule has 0 saturated carbocycles. The predicted molar refractivity (Wildman–Crippen MR) is 103 cm³/mol. The van der Waals surface area contributed by atoms with Crippen LogP contribution in [0.15, 0.2) is 78.9 Å². The molecule has 0 aromatic heterocycles. The number of ether oxygens (including phenoxy) is 1. The minimum atomic E-state index is -0.329. The molecule has 0 saturated heterocycles. The first-order valence-corrected chi connectivity index (χ1v) is 8.16. The number of nitrogens with two attached hydrogens (primary N) is 1. The van der Waals surface area contributed by atoms with Gasteiger partial charge in [-0.1, -0.05) is 54.6 Å². The molecule has 3 aromatic rings. The summed E-state index contributed by atoms with van der Waals surface area (Å²) in [6, 6.07) is 24.6.